The van der Waals surface area contributed by atoms with Crippen molar-refractivity contribution in [3.8, 4) is 5.75 Å². The highest BCUT2D eigenvalue weighted by atomic mass is 35.5. The van der Waals surface area contributed by atoms with E-state index in [0.717, 1.165) is 0 Å². The number of rotatable bonds is 6. The largest absolute Gasteiger partial charge is 0.495 e. The summed E-state index contributed by atoms with van der Waals surface area (Å²) in [7, 11) is 1.47. The maximum Gasteiger partial charge on any atom is 0.244 e. The lowest BCUT2D eigenvalue weighted by molar-refractivity contribution is -0.120. The fraction of sp³-hybridized carbons (Fsp3) is 0.211. The van der Waals surface area contributed by atoms with E-state index in [9.17, 15) is 14.4 Å². The first-order valence-electron chi connectivity index (χ1n) is 8.09. The van der Waals surface area contributed by atoms with Crippen LogP contribution in [0.4, 0.5) is 17.1 Å². The lowest BCUT2D eigenvalue weighted by atomic mass is 10.2. The van der Waals surface area contributed by atoms with E-state index in [1.54, 1.807) is 42.5 Å². The van der Waals surface area contributed by atoms with Crippen molar-refractivity contribution in [3.63, 3.8) is 0 Å². The smallest absolute Gasteiger partial charge is 0.244 e. The molecule has 7 nitrogen and oxygen atoms in total. The molecule has 0 bridgehead atoms. The van der Waals surface area contributed by atoms with Crippen LogP contribution >= 0.6 is 11.6 Å². The van der Waals surface area contributed by atoms with Crippen LogP contribution in [0.3, 0.4) is 0 Å². The van der Waals surface area contributed by atoms with Gasteiger partial charge >= 0.3 is 0 Å². The standard InChI is InChI=1S/C19H20ClN3O4/c1-12(24)21-15-5-4-6-16(10-15)22-19(26)11-23(13(2)25)17-9-14(20)7-8-18(17)27-3/h4-10H,11H2,1-3H3,(H,21,24)(H,22,26). The molecule has 0 aliphatic heterocycles. The third-order valence-corrected chi connectivity index (χ3v) is 3.82. The van der Waals surface area contributed by atoms with Gasteiger partial charge < -0.3 is 15.4 Å². The molecule has 0 atom stereocenters. The Balaban J connectivity index is 2.18. The van der Waals surface area contributed by atoms with Gasteiger partial charge in [-0.15, -0.1) is 0 Å². The summed E-state index contributed by atoms with van der Waals surface area (Å²) in [6, 6.07) is 11.5. The summed E-state index contributed by atoms with van der Waals surface area (Å²) in [5, 5.41) is 5.76. The molecule has 0 aromatic heterocycles. The van der Waals surface area contributed by atoms with Gasteiger partial charge in [-0.1, -0.05) is 17.7 Å². The predicted molar refractivity (Wildman–Crippen MR) is 105 cm³/mol. The van der Waals surface area contributed by atoms with Crippen molar-refractivity contribution >= 4 is 46.4 Å². The topological polar surface area (TPSA) is 87.7 Å². The molecular weight excluding hydrogens is 370 g/mol. The third kappa shape index (κ3) is 5.72. The van der Waals surface area contributed by atoms with E-state index in [-0.39, 0.29) is 18.4 Å². The summed E-state index contributed by atoms with van der Waals surface area (Å²) in [5.74, 6) is -0.533. The summed E-state index contributed by atoms with van der Waals surface area (Å²) in [5.41, 5.74) is 1.45. The molecule has 0 aliphatic carbocycles. The first kappa shape index (κ1) is 20.3. The van der Waals surface area contributed by atoms with Gasteiger partial charge in [0.05, 0.1) is 12.8 Å². The van der Waals surface area contributed by atoms with E-state index < -0.39 is 5.91 Å². The Kier molecular flexibility index (Phi) is 6.79. The number of anilines is 3. The molecule has 2 aromatic rings. The van der Waals surface area contributed by atoms with Crippen molar-refractivity contribution in [2.75, 3.05) is 29.2 Å². The van der Waals surface area contributed by atoms with Gasteiger partial charge in [-0.25, -0.2) is 0 Å². The second-order valence-corrected chi connectivity index (χ2v) is 6.17. The highest BCUT2D eigenvalue weighted by Gasteiger charge is 2.20. The summed E-state index contributed by atoms with van der Waals surface area (Å²) in [4.78, 5) is 37.0. The van der Waals surface area contributed by atoms with Gasteiger partial charge in [0.2, 0.25) is 17.7 Å². The van der Waals surface area contributed by atoms with Gasteiger partial charge in [0, 0.05) is 30.2 Å². The number of methoxy groups -OCH3 is 1. The number of amides is 3. The number of carbonyl (C=O) groups excluding carboxylic acids is 3. The molecule has 0 aliphatic rings. The molecule has 0 heterocycles. The van der Waals surface area contributed by atoms with Crippen LogP contribution in [-0.2, 0) is 14.4 Å². The Morgan fingerprint density at radius 3 is 2.30 bits per heavy atom. The first-order chi connectivity index (χ1) is 12.8. The number of hydrogen-bond acceptors (Lipinski definition) is 4. The number of nitrogens with zero attached hydrogens (tertiary/aromatic N) is 1. The van der Waals surface area contributed by atoms with Crippen LogP contribution in [0, 0.1) is 0 Å². The monoisotopic (exact) mass is 389 g/mol. The van der Waals surface area contributed by atoms with E-state index in [2.05, 4.69) is 10.6 Å². The zero-order valence-electron chi connectivity index (χ0n) is 15.2. The predicted octanol–water partition coefficient (Wildman–Crippen LogP) is 3.30. The Morgan fingerprint density at radius 2 is 1.70 bits per heavy atom. The minimum Gasteiger partial charge on any atom is -0.495 e. The van der Waals surface area contributed by atoms with E-state index in [0.29, 0.717) is 27.8 Å². The van der Waals surface area contributed by atoms with Crippen LogP contribution in [-0.4, -0.2) is 31.4 Å². The third-order valence-electron chi connectivity index (χ3n) is 3.58. The number of carbonyl (C=O) groups is 3. The van der Waals surface area contributed by atoms with Crippen LogP contribution < -0.4 is 20.3 Å². The molecule has 0 saturated carbocycles. The zero-order chi connectivity index (χ0) is 20.0. The van der Waals surface area contributed by atoms with Gasteiger partial charge in [-0.3, -0.25) is 19.3 Å². The van der Waals surface area contributed by atoms with Crippen LogP contribution in [0.5, 0.6) is 5.75 Å². The van der Waals surface area contributed by atoms with Crippen LogP contribution in [0.2, 0.25) is 5.02 Å². The highest BCUT2D eigenvalue weighted by molar-refractivity contribution is 6.31. The molecule has 3 amide bonds. The Hall–Kier alpha value is -3.06. The summed E-state index contributed by atoms with van der Waals surface area (Å²) < 4.78 is 5.26. The van der Waals surface area contributed by atoms with E-state index in [1.165, 1.54) is 25.9 Å². The van der Waals surface area contributed by atoms with Crippen molar-refractivity contribution in [2.24, 2.45) is 0 Å². The van der Waals surface area contributed by atoms with Crippen molar-refractivity contribution in [3.05, 3.63) is 47.5 Å². The molecule has 0 unspecified atom stereocenters. The van der Waals surface area contributed by atoms with Gasteiger partial charge in [0.15, 0.2) is 0 Å². The normalized spacial score (nSPS) is 10.1. The minimum atomic E-state index is -0.410. The van der Waals surface area contributed by atoms with E-state index in [4.69, 9.17) is 16.3 Å². The van der Waals surface area contributed by atoms with Crippen molar-refractivity contribution in [2.45, 2.75) is 13.8 Å². The molecule has 8 heteroatoms. The van der Waals surface area contributed by atoms with Crippen LogP contribution in [0.1, 0.15) is 13.8 Å². The Labute approximate surface area is 162 Å². The average Bonchev–Trinajstić information content (AvgIpc) is 2.59. The first-order valence-corrected chi connectivity index (χ1v) is 8.47. The minimum absolute atomic E-state index is 0.214. The van der Waals surface area contributed by atoms with Gasteiger partial charge in [-0.2, -0.15) is 0 Å². The molecule has 0 radical (unpaired) electrons. The van der Waals surface area contributed by atoms with E-state index in [1.807, 2.05) is 0 Å². The summed E-state index contributed by atoms with van der Waals surface area (Å²) in [6.07, 6.45) is 0. The summed E-state index contributed by atoms with van der Waals surface area (Å²) >= 11 is 6.02. The summed E-state index contributed by atoms with van der Waals surface area (Å²) in [6.45, 7) is 2.52. The lowest BCUT2D eigenvalue weighted by Gasteiger charge is -2.23. The maximum absolute atomic E-state index is 12.5. The maximum atomic E-state index is 12.5. The molecule has 2 rings (SSSR count). The SMILES string of the molecule is COc1ccc(Cl)cc1N(CC(=O)Nc1cccc(NC(C)=O)c1)C(C)=O. The highest BCUT2D eigenvalue weighted by Crippen LogP contribution is 2.31. The van der Waals surface area contributed by atoms with Gasteiger partial charge in [0.1, 0.15) is 12.3 Å². The van der Waals surface area contributed by atoms with E-state index >= 15 is 0 Å². The Bertz CT molecular complexity index is 870. The average molecular weight is 390 g/mol. The van der Waals surface area contributed by atoms with Gasteiger partial charge in [-0.05, 0) is 36.4 Å². The number of benzene rings is 2. The molecule has 0 spiro atoms. The molecule has 0 saturated heterocycles. The zero-order valence-corrected chi connectivity index (χ0v) is 16.0. The number of nitrogens with one attached hydrogen (secondary N) is 2. The second kappa shape index (κ2) is 9.05. The quantitative estimate of drug-likeness (QED) is 0.793. The van der Waals surface area contributed by atoms with Gasteiger partial charge in [0.25, 0.3) is 0 Å². The van der Waals surface area contributed by atoms with Crippen molar-refractivity contribution in [1.29, 1.82) is 0 Å². The van der Waals surface area contributed by atoms with Crippen molar-refractivity contribution in [1.82, 2.24) is 0 Å². The molecular formula is C19H20ClN3O4. The fourth-order valence-electron chi connectivity index (χ4n) is 2.46. The van der Waals surface area contributed by atoms with Crippen LogP contribution in [0.15, 0.2) is 42.5 Å². The molecule has 2 N–H and O–H groups in total. The number of hydrogen-bond donors (Lipinski definition) is 2. The molecule has 142 valence electrons. The fourth-order valence-corrected chi connectivity index (χ4v) is 2.63. The number of ether oxygens (including phenoxy) is 1. The Morgan fingerprint density at radius 1 is 1.04 bits per heavy atom. The lowest BCUT2D eigenvalue weighted by Crippen LogP contribution is -2.37. The second-order valence-electron chi connectivity index (χ2n) is 5.73. The van der Waals surface area contributed by atoms with Crippen molar-refractivity contribution < 1.29 is 19.1 Å². The molecule has 0 fully saturated rings. The molecule has 2 aromatic carbocycles. The molecule has 27 heavy (non-hydrogen) atoms. The number of halogens is 1. The van der Waals surface area contributed by atoms with Crippen LogP contribution in [0.25, 0.3) is 0 Å².